The number of anilines is 1. The van der Waals surface area contributed by atoms with Crippen LogP contribution in [0, 0.1) is 0 Å². The zero-order valence-corrected chi connectivity index (χ0v) is 15.4. The number of halogens is 5. The van der Waals surface area contributed by atoms with E-state index in [-0.39, 0.29) is 13.0 Å². The molecule has 1 aliphatic heterocycles. The van der Waals surface area contributed by atoms with Gasteiger partial charge in [0.1, 0.15) is 5.69 Å². The topological polar surface area (TPSA) is 56.8 Å². The first-order valence-electron chi connectivity index (χ1n) is 8.97. The lowest BCUT2D eigenvalue weighted by Crippen LogP contribution is -2.50. The molecule has 2 N–H and O–H groups in total. The number of likely N-dealkylation sites (tertiary alicyclic amines) is 1. The summed E-state index contributed by atoms with van der Waals surface area (Å²) in [5, 5.41) is 11.9. The molecule has 10 heteroatoms. The van der Waals surface area contributed by atoms with E-state index in [9.17, 15) is 22.0 Å². The van der Waals surface area contributed by atoms with Crippen LogP contribution in [-0.4, -0.2) is 52.2 Å². The fourth-order valence-electron chi connectivity index (χ4n) is 3.71. The van der Waals surface area contributed by atoms with Gasteiger partial charge in [0.25, 0.3) is 5.92 Å². The molecule has 1 saturated heterocycles. The summed E-state index contributed by atoms with van der Waals surface area (Å²) >= 11 is 0. The van der Waals surface area contributed by atoms with Gasteiger partial charge in [-0.05, 0) is 25.2 Å². The summed E-state index contributed by atoms with van der Waals surface area (Å²) in [5.74, 6) is -2.47. The lowest BCUT2D eigenvalue weighted by Gasteiger charge is -2.35. The lowest BCUT2D eigenvalue weighted by molar-refractivity contribution is -0.137. The van der Waals surface area contributed by atoms with E-state index in [0.717, 1.165) is 12.1 Å². The van der Waals surface area contributed by atoms with Crippen molar-refractivity contribution in [2.45, 2.75) is 24.6 Å². The van der Waals surface area contributed by atoms with Crippen LogP contribution < -0.4 is 5.32 Å². The van der Waals surface area contributed by atoms with Gasteiger partial charge in [0.05, 0.1) is 17.6 Å². The Balaban J connectivity index is 1.64. The molecule has 4 rings (SSSR count). The number of likely N-dealkylation sites (N-methyl/N-ethyl adjacent to an activating group) is 1. The highest BCUT2D eigenvalue weighted by molar-refractivity contribution is 5.98. The number of rotatable bonds is 3. The molecule has 0 spiro atoms. The van der Waals surface area contributed by atoms with Crippen LogP contribution in [0.2, 0.25) is 0 Å². The van der Waals surface area contributed by atoms with Crippen molar-refractivity contribution in [1.82, 2.24) is 20.1 Å². The Hall–Kier alpha value is -2.75. The number of aromatic amines is 1. The molecule has 3 heterocycles. The molecule has 0 unspecified atom stereocenters. The molecular formula is C19H18F5N5. The van der Waals surface area contributed by atoms with Crippen molar-refractivity contribution < 1.29 is 22.0 Å². The first-order valence-corrected chi connectivity index (χ1v) is 8.97. The molecule has 1 atom stereocenters. The third-order valence-corrected chi connectivity index (χ3v) is 4.89. The molecule has 0 aliphatic carbocycles. The summed E-state index contributed by atoms with van der Waals surface area (Å²) in [5.41, 5.74) is 0.698. The molecule has 29 heavy (non-hydrogen) atoms. The van der Waals surface area contributed by atoms with Gasteiger partial charge in [0.2, 0.25) is 0 Å². The molecular weight excluding hydrogens is 393 g/mol. The summed E-state index contributed by atoms with van der Waals surface area (Å²) in [6.45, 7) is 0.141. The fraction of sp³-hybridized carbons (Fsp3) is 0.368. The predicted molar refractivity (Wildman–Crippen MR) is 98.8 cm³/mol. The minimum absolute atomic E-state index is 0.290. The molecule has 1 aromatic carbocycles. The van der Waals surface area contributed by atoms with Crippen LogP contribution in [-0.2, 0) is 6.18 Å². The zero-order chi connectivity index (χ0) is 20.8. The highest BCUT2D eigenvalue weighted by Crippen LogP contribution is 2.34. The number of benzene rings is 1. The zero-order valence-electron chi connectivity index (χ0n) is 15.4. The molecule has 2 aromatic heterocycles. The van der Waals surface area contributed by atoms with Crippen LogP contribution in [0.15, 0.2) is 36.5 Å². The smallest absolute Gasteiger partial charge is 0.363 e. The maximum absolute atomic E-state index is 13.9. The number of nitrogens with one attached hydrogen (secondary N) is 2. The maximum Gasteiger partial charge on any atom is 0.416 e. The van der Waals surface area contributed by atoms with Crippen LogP contribution in [0.3, 0.4) is 0 Å². The van der Waals surface area contributed by atoms with Crippen molar-refractivity contribution in [2.24, 2.45) is 0 Å². The largest absolute Gasteiger partial charge is 0.416 e. The Morgan fingerprint density at radius 1 is 1.14 bits per heavy atom. The van der Waals surface area contributed by atoms with Gasteiger partial charge in [-0.15, -0.1) is 10.2 Å². The van der Waals surface area contributed by atoms with Crippen molar-refractivity contribution in [3.8, 4) is 11.3 Å². The lowest BCUT2D eigenvalue weighted by atomic mass is 10.0. The van der Waals surface area contributed by atoms with Crippen molar-refractivity contribution in [2.75, 3.05) is 25.5 Å². The molecule has 0 radical (unpaired) electrons. The third-order valence-electron chi connectivity index (χ3n) is 4.89. The van der Waals surface area contributed by atoms with Gasteiger partial charge in [-0.1, -0.05) is 12.1 Å². The standard InChI is InChI=1S/C19H18F5N5/c1-29-9-13(8-18(20,21)10-29)26-17-16-14(6-7-25-16)15(27-28-17)11-2-4-12(5-3-11)19(22,23)24/h2-7,13,25H,8-10H2,1H3,(H,26,28)/t13-/m1/s1. The molecule has 154 valence electrons. The minimum Gasteiger partial charge on any atom is -0.363 e. The van der Waals surface area contributed by atoms with E-state index in [1.54, 1.807) is 24.2 Å². The minimum atomic E-state index is -4.42. The third kappa shape index (κ3) is 4.02. The highest BCUT2D eigenvalue weighted by atomic mass is 19.4. The average molecular weight is 411 g/mol. The normalized spacial score (nSPS) is 20.1. The monoisotopic (exact) mass is 411 g/mol. The van der Waals surface area contributed by atoms with Crippen LogP contribution in [0.5, 0.6) is 0 Å². The van der Waals surface area contributed by atoms with Crippen molar-refractivity contribution >= 4 is 16.7 Å². The number of hydrogen-bond acceptors (Lipinski definition) is 4. The van der Waals surface area contributed by atoms with E-state index < -0.39 is 23.7 Å². The van der Waals surface area contributed by atoms with E-state index in [1.807, 2.05) is 0 Å². The van der Waals surface area contributed by atoms with Gasteiger partial charge < -0.3 is 10.3 Å². The fourth-order valence-corrected chi connectivity index (χ4v) is 3.71. The molecule has 5 nitrogen and oxygen atoms in total. The summed E-state index contributed by atoms with van der Waals surface area (Å²) in [6, 6.07) is 5.86. The molecule has 0 amide bonds. The van der Waals surface area contributed by atoms with Crippen LogP contribution in [0.1, 0.15) is 12.0 Å². The molecule has 1 fully saturated rings. The second kappa shape index (κ2) is 6.94. The number of piperidine rings is 1. The average Bonchev–Trinajstić information content (AvgIpc) is 3.10. The van der Waals surface area contributed by atoms with Crippen LogP contribution >= 0.6 is 0 Å². The van der Waals surface area contributed by atoms with E-state index in [0.29, 0.717) is 34.5 Å². The van der Waals surface area contributed by atoms with Crippen molar-refractivity contribution in [1.29, 1.82) is 0 Å². The summed E-state index contributed by atoms with van der Waals surface area (Å²) in [4.78, 5) is 4.56. The van der Waals surface area contributed by atoms with E-state index in [4.69, 9.17) is 0 Å². The Bertz CT molecular complexity index is 1010. The molecule has 1 aliphatic rings. The van der Waals surface area contributed by atoms with E-state index in [2.05, 4.69) is 20.5 Å². The summed E-state index contributed by atoms with van der Waals surface area (Å²) in [7, 11) is 1.63. The summed E-state index contributed by atoms with van der Waals surface area (Å²) < 4.78 is 66.1. The SMILES string of the molecule is CN1C[C@H](Nc2nnc(-c3ccc(C(F)(F)F)cc3)c3cc[nH]c23)CC(F)(F)C1. The first kappa shape index (κ1) is 19.6. The molecule has 3 aromatic rings. The number of alkyl halides is 5. The second-order valence-electron chi connectivity index (χ2n) is 7.34. The quantitative estimate of drug-likeness (QED) is 0.628. The van der Waals surface area contributed by atoms with Crippen LogP contribution in [0.25, 0.3) is 22.2 Å². The Kier molecular flexibility index (Phi) is 4.68. The number of H-pyrrole nitrogens is 1. The maximum atomic E-state index is 13.9. The van der Waals surface area contributed by atoms with E-state index in [1.165, 1.54) is 12.1 Å². The van der Waals surface area contributed by atoms with Gasteiger partial charge in [-0.2, -0.15) is 13.2 Å². The van der Waals surface area contributed by atoms with Crippen molar-refractivity contribution in [3.63, 3.8) is 0 Å². The van der Waals surface area contributed by atoms with E-state index >= 15 is 0 Å². The highest BCUT2D eigenvalue weighted by Gasteiger charge is 2.39. The summed E-state index contributed by atoms with van der Waals surface area (Å²) in [6.07, 6.45) is -3.09. The molecule has 0 saturated carbocycles. The Morgan fingerprint density at radius 2 is 1.86 bits per heavy atom. The van der Waals surface area contributed by atoms with Crippen LogP contribution in [0.4, 0.5) is 27.8 Å². The van der Waals surface area contributed by atoms with Crippen molar-refractivity contribution in [3.05, 3.63) is 42.1 Å². The Labute approximate surface area is 162 Å². The number of aromatic nitrogens is 3. The van der Waals surface area contributed by atoms with Gasteiger partial charge in [-0.25, -0.2) is 8.78 Å². The first-order chi connectivity index (χ1) is 13.6. The van der Waals surface area contributed by atoms with Gasteiger partial charge in [-0.3, -0.25) is 4.90 Å². The number of hydrogen-bond donors (Lipinski definition) is 2. The van der Waals surface area contributed by atoms with Gasteiger partial charge in [0.15, 0.2) is 5.82 Å². The molecule has 0 bridgehead atoms. The Morgan fingerprint density at radius 3 is 2.52 bits per heavy atom. The number of fused-ring (bicyclic) bond motifs is 1. The van der Waals surface area contributed by atoms with Gasteiger partial charge >= 0.3 is 6.18 Å². The predicted octanol–water partition coefficient (Wildman–Crippen LogP) is 4.40. The number of nitrogens with zero attached hydrogens (tertiary/aromatic N) is 3. The van der Waals surface area contributed by atoms with Gasteiger partial charge in [0, 0.05) is 36.2 Å². The second-order valence-corrected chi connectivity index (χ2v) is 7.34.